The summed E-state index contributed by atoms with van der Waals surface area (Å²) in [4.78, 5) is 0.256. The Morgan fingerprint density at radius 3 is 2.09 bits per heavy atom. The van der Waals surface area contributed by atoms with Gasteiger partial charge in [-0.3, -0.25) is 0 Å². The van der Waals surface area contributed by atoms with Crippen molar-refractivity contribution in [1.82, 2.24) is 4.72 Å². The smallest absolute Gasteiger partial charge is 0.241 e. The van der Waals surface area contributed by atoms with E-state index in [1.54, 1.807) is 44.2 Å². The minimum absolute atomic E-state index is 0.256. The Hall–Kier alpha value is -1.69. The molecule has 0 aliphatic carbocycles. The average molecular weight is 319 g/mol. The second-order valence-electron chi connectivity index (χ2n) is 5.78. The first-order valence-electron chi connectivity index (χ1n) is 7.10. The van der Waals surface area contributed by atoms with Crippen LogP contribution in [0.1, 0.15) is 19.4 Å². The molecule has 0 saturated carbocycles. The van der Waals surface area contributed by atoms with Crippen molar-refractivity contribution < 1.29 is 13.2 Å². The van der Waals surface area contributed by atoms with Crippen molar-refractivity contribution in [3.05, 3.63) is 66.2 Å². The van der Waals surface area contributed by atoms with Gasteiger partial charge in [0.15, 0.2) is 0 Å². The number of nitrogens with one attached hydrogen (secondary N) is 1. The standard InChI is InChI=1S/C17H21NO3S/c1-17(2,14-21-13-15-9-5-3-6-10-15)18-22(19,20)16-11-7-4-8-12-16/h3-12,18H,13-14H2,1-2H3. The number of hydrogen-bond acceptors (Lipinski definition) is 3. The quantitative estimate of drug-likeness (QED) is 0.853. The van der Waals surface area contributed by atoms with Gasteiger partial charge in [-0.15, -0.1) is 0 Å². The molecular formula is C17H21NO3S. The molecule has 2 aromatic rings. The molecule has 4 nitrogen and oxygen atoms in total. The molecule has 118 valence electrons. The van der Waals surface area contributed by atoms with Crippen molar-refractivity contribution in [2.45, 2.75) is 30.9 Å². The largest absolute Gasteiger partial charge is 0.375 e. The fourth-order valence-electron chi connectivity index (χ4n) is 2.05. The number of sulfonamides is 1. The molecule has 2 rings (SSSR count). The third kappa shape index (κ3) is 4.94. The highest BCUT2D eigenvalue weighted by molar-refractivity contribution is 7.89. The van der Waals surface area contributed by atoms with Crippen LogP contribution in [-0.2, 0) is 21.4 Å². The maximum atomic E-state index is 12.3. The zero-order valence-electron chi connectivity index (χ0n) is 12.8. The lowest BCUT2D eigenvalue weighted by molar-refractivity contribution is 0.0794. The van der Waals surface area contributed by atoms with Gasteiger partial charge in [0.25, 0.3) is 0 Å². The Bertz CT molecular complexity index is 682. The van der Waals surface area contributed by atoms with Crippen LogP contribution >= 0.6 is 0 Å². The lowest BCUT2D eigenvalue weighted by Gasteiger charge is -2.25. The Morgan fingerprint density at radius 1 is 0.955 bits per heavy atom. The van der Waals surface area contributed by atoms with Gasteiger partial charge in [-0.1, -0.05) is 48.5 Å². The Morgan fingerprint density at radius 2 is 1.50 bits per heavy atom. The summed E-state index contributed by atoms with van der Waals surface area (Å²) < 4.78 is 33.0. The molecule has 0 atom stereocenters. The first kappa shape index (κ1) is 16.7. The van der Waals surface area contributed by atoms with Crippen molar-refractivity contribution in [1.29, 1.82) is 0 Å². The molecule has 22 heavy (non-hydrogen) atoms. The third-order valence-corrected chi connectivity index (χ3v) is 4.75. The molecule has 0 bridgehead atoms. The first-order chi connectivity index (χ1) is 10.4. The minimum atomic E-state index is -3.54. The second-order valence-corrected chi connectivity index (χ2v) is 7.46. The predicted octanol–water partition coefficient (Wildman–Crippen LogP) is 2.96. The summed E-state index contributed by atoms with van der Waals surface area (Å²) in [6, 6.07) is 18.1. The van der Waals surface area contributed by atoms with Gasteiger partial charge in [0, 0.05) is 0 Å². The molecule has 0 spiro atoms. The van der Waals surface area contributed by atoms with Crippen LogP contribution in [0.25, 0.3) is 0 Å². The fraction of sp³-hybridized carbons (Fsp3) is 0.294. The molecule has 1 N–H and O–H groups in total. The third-order valence-electron chi connectivity index (χ3n) is 3.04. The van der Waals surface area contributed by atoms with E-state index in [2.05, 4.69) is 4.72 Å². The van der Waals surface area contributed by atoms with Gasteiger partial charge in [0.2, 0.25) is 10.0 Å². The van der Waals surface area contributed by atoms with E-state index in [0.717, 1.165) is 5.56 Å². The Kier molecular flexibility index (Phi) is 5.34. The van der Waals surface area contributed by atoms with Crippen LogP contribution in [0.4, 0.5) is 0 Å². The average Bonchev–Trinajstić information content (AvgIpc) is 2.48. The molecular weight excluding hydrogens is 298 g/mol. The lowest BCUT2D eigenvalue weighted by atomic mass is 10.1. The Balaban J connectivity index is 1.93. The van der Waals surface area contributed by atoms with Crippen LogP contribution in [0, 0.1) is 0 Å². The molecule has 5 heteroatoms. The molecule has 0 unspecified atom stereocenters. The predicted molar refractivity (Wildman–Crippen MR) is 86.9 cm³/mol. The van der Waals surface area contributed by atoms with Gasteiger partial charge < -0.3 is 4.74 Å². The van der Waals surface area contributed by atoms with Gasteiger partial charge in [-0.05, 0) is 31.5 Å². The highest BCUT2D eigenvalue weighted by Gasteiger charge is 2.26. The van der Waals surface area contributed by atoms with E-state index in [1.165, 1.54) is 0 Å². The maximum Gasteiger partial charge on any atom is 0.241 e. The zero-order valence-corrected chi connectivity index (χ0v) is 13.6. The van der Waals surface area contributed by atoms with Crippen LogP contribution < -0.4 is 4.72 Å². The summed E-state index contributed by atoms with van der Waals surface area (Å²) in [5.74, 6) is 0. The molecule has 0 amide bonds. The van der Waals surface area contributed by atoms with Crippen molar-refractivity contribution >= 4 is 10.0 Å². The highest BCUT2D eigenvalue weighted by atomic mass is 32.2. The Labute approximate surface area is 132 Å². The van der Waals surface area contributed by atoms with E-state index < -0.39 is 15.6 Å². The van der Waals surface area contributed by atoms with Gasteiger partial charge in [-0.2, -0.15) is 0 Å². The monoisotopic (exact) mass is 319 g/mol. The van der Waals surface area contributed by atoms with Crippen LogP contribution in [0.5, 0.6) is 0 Å². The first-order valence-corrected chi connectivity index (χ1v) is 8.58. The SMILES string of the molecule is CC(C)(COCc1ccccc1)NS(=O)(=O)c1ccccc1. The molecule has 2 aromatic carbocycles. The van der Waals surface area contributed by atoms with E-state index >= 15 is 0 Å². The topological polar surface area (TPSA) is 55.4 Å². The van der Waals surface area contributed by atoms with Crippen molar-refractivity contribution in [3.63, 3.8) is 0 Å². The van der Waals surface area contributed by atoms with Crippen LogP contribution in [0.2, 0.25) is 0 Å². The second kappa shape index (κ2) is 7.05. The molecule has 0 saturated heterocycles. The summed E-state index contributed by atoms with van der Waals surface area (Å²) in [5, 5.41) is 0. The molecule has 0 aliphatic heterocycles. The molecule has 0 aliphatic rings. The molecule has 0 heterocycles. The fourth-order valence-corrected chi connectivity index (χ4v) is 3.47. The lowest BCUT2D eigenvalue weighted by Crippen LogP contribution is -2.46. The van der Waals surface area contributed by atoms with Gasteiger partial charge in [0.1, 0.15) is 0 Å². The zero-order chi connectivity index (χ0) is 16.1. The highest BCUT2D eigenvalue weighted by Crippen LogP contribution is 2.13. The number of rotatable bonds is 7. The van der Waals surface area contributed by atoms with Crippen molar-refractivity contribution in [3.8, 4) is 0 Å². The number of hydrogen-bond donors (Lipinski definition) is 1. The van der Waals surface area contributed by atoms with Gasteiger partial charge in [0.05, 0.1) is 23.6 Å². The van der Waals surface area contributed by atoms with Crippen molar-refractivity contribution in [2.24, 2.45) is 0 Å². The normalized spacial score (nSPS) is 12.3. The molecule has 0 radical (unpaired) electrons. The van der Waals surface area contributed by atoms with E-state index in [1.807, 2.05) is 30.3 Å². The van der Waals surface area contributed by atoms with Gasteiger partial charge in [-0.25, -0.2) is 13.1 Å². The van der Waals surface area contributed by atoms with Crippen LogP contribution in [0.3, 0.4) is 0 Å². The molecule has 0 aromatic heterocycles. The van der Waals surface area contributed by atoms with E-state index in [-0.39, 0.29) is 11.5 Å². The number of ether oxygens (including phenoxy) is 1. The van der Waals surface area contributed by atoms with E-state index in [0.29, 0.717) is 6.61 Å². The van der Waals surface area contributed by atoms with E-state index in [4.69, 9.17) is 4.74 Å². The summed E-state index contributed by atoms with van der Waals surface area (Å²) >= 11 is 0. The number of benzene rings is 2. The molecule has 0 fully saturated rings. The maximum absolute atomic E-state index is 12.3. The summed E-state index contributed by atoms with van der Waals surface area (Å²) in [7, 11) is -3.54. The van der Waals surface area contributed by atoms with Gasteiger partial charge >= 0.3 is 0 Å². The summed E-state index contributed by atoms with van der Waals surface area (Å²) in [6.07, 6.45) is 0. The summed E-state index contributed by atoms with van der Waals surface area (Å²) in [6.45, 7) is 4.35. The summed E-state index contributed by atoms with van der Waals surface area (Å²) in [5.41, 5.74) is 0.368. The van der Waals surface area contributed by atoms with Crippen molar-refractivity contribution in [2.75, 3.05) is 6.61 Å². The van der Waals surface area contributed by atoms with Crippen LogP contribution in [-0.4, -0.2) is 20.6 Å². The van der Waals surface area contributed by atoms with Crippen LogP contribution in [0.15, 0.2) is 65.6 Å². The minimum Gasteiger partial charge on any atom is -0.375 e. The van der Waals surface area contributed by atoms with E-state index in [9.17, 15) is 8.42 Å².